The Bertz CT molecular complexity index is 603. The molecule has 3 rings (SSSR count). The molecule has 0 spiro atoms. The summed E-state index contributed by atoms with van der Waals surface area (Å²) in [5.74, 6) is 1.03. The summed E-state index contributed by atoms with van der Waals surface area (Å²) in [7, 11) is -0.238. The van der Waals surface area contributed by atoms with Crippen LogP contribution >= 0.6 is 0 Å². The number of hydrogen-bond acceptors (Lipinski definition) is 4. The van der Waals surface area contributed by atoms with Crippen LogP contribution in [0.3, 0.4) is 0 Å². The van der Waals surface area contributed by atoms with Gasteiger partial charge in [0, 0.05) is 12.1 Å². The van der Waals surface area contributed by atoms with Crippen molar-refractivity contribution in [2.75, 3.05) is 0 Å². The largest absolute Gasteiger partial charge is 0.465 e. The standard InChI is InChI=1S/C15H27BO2.C10H19BO2/c1-6-13(12-10-8-7-9-11-12)16-17-14(2,3)15(4,5)18-16;1-8(2)7-11-12-9(3,4)10(5,6)13-11/h6,12-13H,1,7-11H2,2-5H3;1,7H2,2-6H3. The molecule has 1 atom stereocenters. The molecule has 3 fully saturated rings. The Hall–Kier alpha value is -0.550. The van der Waals surface area contributed by atoms with E-state index in [4.69, 9.17) is 18.6 Å². The first-order valence-electron chi connectivity index (χ1n) is 12.1. The highest BCUT2D eigenvalue weighted by molar-refractivity contribution is 6.48. The summed E-state index contributed by atoms with van der Waals surface area (Å²) in [6.07, 6.45) is 9.49. The van der Waals surface area contributed by atoms with Crippen LogP contribution in [0.2, 0.25) is 12.1 Å². The number of rotatable bonds is 5. The van der Waals surface area contributed by atoms with E-state index < -0.39 is 0 Å². The molecule has 0 radical (unpaired) electrons. The zero-order valence-electron chi connectivity index (χ0n) is 21.7. The molecule has 1 unspecified atom stereocenters. The van der Waals surface area contributed by atoms with Crippen LogP contribution in [0.15, 0.2) is 24.8 Å². The Labute approximate surface area is 192 Å². The first-order chi connectivity index (χ1) is 14.1. The van der Waals surface area contributed by atoms with E-state index >= 15 is 0 Å². The van der Waals surface area contributed by atoms with Crippen molar-refractivity contribution in [2.45, 2.75) is 129 Å². The molecule has 31 heavy (non-hydrogen) atoms. The predicted octanol–water partition coefficient (Wildman–Crippen LogP) is 6.87. The quantitative estimate of drug-likeness (QED) is 0.351. The lowest BCUT2D eigenvalue weighted by Gasteiger charge is -2.32. The summed E-state index contributed by atoms with van der Waals surface area (Å²) in [6.45, 7) is 26.6. The number of hydrogen-bond donors (Lipinski definition) is 0. The Balaban J connectivity index is 0.000000233. The van der Waals surface area contributed by atoms with Gasteiger partial charge in [-0.15, -0.1) is 13.2 Å². The van der Waals surface area contributed by atoms with Gasteiger partial charge >= 0.3 is 14.2 Å². The fourth-order valence-corrected chi connectivity index (χ4v) is 4.42. The Morgan fingerprint density at radius 2 is 1.26 bits per heavy atom. The van der Waals surface area contributed by atoms with Crippen LogP contribution in [0.25, 0.3) is 0 Å². The van der Waals surface area contributed by atoms with Crippen molar-refractivity contribution in [1.29, 1.82) is 0 Å². The maximum absolute atomic E-state index is 6.18. The normalized spacial score (nSPS) is 27.4. The molecule has 176 valence electrons. The summed E-state index contributed by atoms with van der Waals surface area (Å²) in [4.78, 5) is 0. The molecule has 6 heteroatoms. The number of allylic oxidation sites excluding steroid dienone is 2. The van der Waals surface area contributed by atoms with E-state index in [0.717, 1.165) is 11.9 Å². The first kappa shape index (κ1) is 26.7. The third-order valence-corrected chi connectivity index (χ3v) is 7.87. The monoisotopic (exact) mass is 432 g/mol. The van der Waals surface area contributed by atoms with Gasteiger partial charge in [0.25, 0.3) is 0 Å². The first-order valence-corrected chi connectivity index (χ1v) is 12.1. The molecule has 2 saturated heterocycles. The second-order valence-corrected chi connectivity index (χ2v) is 11.7. The van der Waals surface area contributed by atoms with Gasteiger partial charge in [-0.25, -0.2) is 0 Å². The van der Waals surface area contributed by atoms with E-state index in [2.05, 4.69) is 74.6 Å². The van der Waals surface area contributed by atoms with Crippen LogP contribution in [0.4, 0.5) is 0 Å². The molecule has 2 heterocycles. The maximum Gasteiger partial charge on any atom is 0.465 e. The van der Waals surface area contributed by atoms with Gasteiger partial charge in [0.2, 0.25) is 0 Å². The SMILES string of the molecule is C=C(C)CB1OC(C)(C)C(C)(C)O1.C=CC(B1OC(C)(C)C(C)(C)O1)C1CCCCC1. The summed E-state index contributed by atoms with van der Waals surface area (Å²) >= 11 is 0. The molecular weight excluding hydrogens is 386 g/mol. The molecule has 4 nitrogen and oxygen atoms in total. The summed E-state index contributed by atoms with van der Waals surface area (Å²) in [5.41, 5.74) is 0.208. The predicted molar refractivity (Wildman–Crippen MR) is 132 cm³/mol. The molecule has 1 aliphatic carbocycles. The van der Waals surface area contributed by atoms with Gasteiger partial charge in [-0.2, -0.15) is 0 Å². The van der Waals surface area contributed by atoms with Gasteiger partial charge in [0.05, 0.1) is 22.4 Å². The van der Waals surface area contributed by atoms with E-state index in [0.29, 0.717) is 11.7 Å². The minimum atomic E-state index is -0.229. The minimum absolute atomic E-state index is 0.115. The summed E-state index contributed by atoms with van der Waals surface area (Å²) in [5, 5.41) is 0. The maximum atomic E-state index is 6.18. The van der Waals surface area contributed by atoms with Crippen molar-refractivity contribution in [3.05, 3.63) is 24.8 Å². The molecular formula is C25H46B2O4. The Morgan fingerprint density at radius 1 is 0.839 bits per heavy atom. The van der Waals surface area contributed by atoms with Crippen LogP contribution in [0, 0.1) is 5.92 Å². The Kier molecular flexibility index (Phi) is 8.40. The van der Waals surface area contributed by atoms with E-state index in [1.54, 1.807) is 0 Å². The smallest absolute Gasteiger partial charge is 0.403 e. The van der Waals surface area contributed by atoms with Crippen LogP contribution in [-0.2, 0) is 18.6 Å². The highest BCUT2D eigenvalue weighted by Gasteiger charge is 2.54. The lowest BCUT2D eigenvalue weighted by molar-refractivity contribution is 0.00578. The van der Waals surface area contributed by atoms with Gasteiger partial charge in [0.15, 0.2) is 0 Å². The van der Waals surface area contributed by atoms with Crippen LogP contribution in [0.5, 0.6) is 0 Å². The van der Waals surface area contributed by atoms with Gasteiger partial charge < -0.3 is 18.6 Å². The van der Waals surface area contributed by atoms with Gasteiger partial charge in [0.1, 0.15) is 0 Å². The van der Waals surface area contributed by atoms with Crippen molar-refractivity contribution >= 4 is 14.2 Å². The Morgan fingerprint density at radius 3 is 1.65 bits per heavy atom. The van der Waals surface area contributed by atoms with Crippen molar-refractivity contribution in [1.82, 2.24) is 0 Å². The molecule has 1 saturated carbocycles. The molecule has 0 aromatic rings. The van der Waals surface area contributed by atoms with Gasteiger partial charge in [-0.05, 0) is 68.2 Å². The van der Waals surface area contributed by atoms with Crippen molar-refractivity contribution in [3.8, 4) is 0 Å². The summed E-state index contributed by atoms with van der Waals surface area (Å²) < 4.78 is 23.9. The molecule has 0 bridgehead atoms. The van der Waals surface area contributed by atoms with Crippen LogP contribution in [0.1, 0.15) is 94.4 Å². The highest BCUT2D eigenvalue weighted by atomic mass is 16.7. The fraction of sp³-hybridized carbons (Fsp3) is 0.840. The van der Waals surface area contributed by atoms with E-state index in [1.165, 1.54) is 32.1 Å². The van der Waals surface area contributed by atoms with Crippen molar-refractivity contribution < 1.29 is 18.6 Å². The molecule has 2 aliphatic heterocycles. The molecule has 0 N–H and O–H groups in total. The molecule has 0 aromatic carbocycles. The average Bonchev–Trinajstić information content (AvgIpc) is 2.95. The average molecular weight is 432 g/mol. The molecule has 3 aliphatic rings. The van der Waals surface area contributed by atoms with E-state index in [1.807, 2.05) is 6.92 Å². The molecule has 0 amide bonds. The third-order valence-electron chi connectivity index (χ3n) is 7.87. The third kappa shape index (κ3) is 6.28. The minimum Gasteiger partial charge on any atom is -0.403 e. The fourth-order valence-electron chi connectivity index (χ4n) is 4.42. The summed E-state index contributed by atoms with van der Waals surface area (Å²) in [6, 6.07) is 0. The van der Waals surface area contributed by atoms with Crippen molar-refractivity contribution in [3.63, 3.8) is 0 Å². The van der Waals surface area contributed by atoms with Crippen LogP contribution in [-0.4, -0.2) is 36.6 Å². The topological polar surface area (TPSA) is 36.9 Å². The van der Waals surface area contributed by atoms with E-state index in [-0.39, 0.29) is 36.6 Å². The lowest BCUT2D eigenvalue weighted by Crippen LogP contribution is -2.41. The lowest BCUT2D eigenvalue weighted by atomic mass is 9.61. The highest BCUT2D eigenvalue weighted by Crippen LogP contribution is 2.45. The molecule has 0 aromatic heterocycles. The van der Waals surface area contributed by atoms with Crippen LogP contribution < -0.4 is 0 Å². The van der Waals surface area contributed by atoms with E-state index in [9.17, 15) is 0 Å². The second-order valence-electron chi connectivity index (χ2n) is 11.7. The van der Waals surface area contributed by atoms with Gasteiger partial charge in [-0.3, -0.25) is 0 Å². The second kappa shape index (κ2) is 9.75. The zero-order chi connectivity index (χ0) is 23.7. The van der Waals surface area contributed by atoms with Crippen molar-refractivity contribution in [2.24, 2.45) is 5.92 Å². The van der Waals surface area contributed by atoms with Gasteiger partial charge in [-0.1, -0.05) is 43.8 Å². The zero-order valence-corrected chi connectivity index (χ0v) is 21.7.